The van der Waals surface area contributed by atoms with Crippen LogP contribution < -0.4 is 20.2 Å². The number of thiazole rings is 1. The average molecular weight is 652 g/mol. The molecule has 3 atom stereocenters. The van der Waals surface area contributed by atoms with E-state index in [-0.39, 0.29) is 22.0 Å². The van der Waals surface area contributed by atoms with Gasteiger partial charge in [0.15, 0.2) is 0 Å². The first kappa shape index (κ1) is 29.4. The van der Waals surface area contributed by atoms with E-state index in [1.54, 1.807) is 30.3 Å². The SMILES string of the molecule is NS(=O)(=O)c1ccc(NC(=O)Cn2c3c(sc2=O)C(c2ccccc2)C2C(=O)N(c4ccc([N+](=O)[O-])cc4)C(=O)C2S3)cc1. The summed E-state index contributed by atoms with van der Waals surface area (Å²) in [5, 5.41) is 18.3. The molecular formula is C28H21N5O8S3. The third-order valence-corrected chi connectivity index (χ3v) is 10.8. The van der Waals surface area contributed by atoms with Crippen molar-refractivity contribution in [3.05, 3.63) is 109 Å². The lowest BCUT2D eigenvalue weighted by Crippen LogP contribution is -2.33. The van der Waals surface area contributed by atoms with Crippen LogP contribution in [0.4, 0.5) is 17.1 Å². The lowest BCUT2D eigenvalue weighted by molar-refractivity contribution is -0.384. The van der Waals surface area contributed by atoms with Gasteiger partial charge in [-0.25, -0.2) is 18.5 Å². The topological polar surface area (TPSA) is 192 Å². The van der Waals surface area contributed by atoms with E-state index in [2.05, 4.69) is 5.32 Å². The normalized spacial score (nSPS) is 19.4. The third kappa shape index (κ3) is 5.21. The highest BCUT2D eigenvalue weighted by Crippen LogP contribution is 2.53. The minimum atomic E-state index is -3.92. The number of rotatable bonds is 7. The van der Waals surface area contributed by atoms with Crippen molar-refractivity contribution in [1.82, 2.24) is 4.57 Å². The molecule has 4 aromatic rings. The molecule has 0 aliphatic carbocycles. The summed E-state index contributed by atoms with van der Waals surface area (Å²) in [7, 11) is -3.92. The van der Waals surface area contributed by atoms with Gasteiger partial charge in [-0.1, -0.05) is 53.4 Å². The molecular weight excluding hydrogens is 631 g/mol. The first-order chi connectivity index (χ1) is 20.9. The van der Waals surface area contributed by atoms with E-state index >= 15 is 0 Å². The van der Waals surface area contributed by atoms with Crippen LogP contribution in [0, 0.1) is 16.0 Å². The number of carbonyl (C=O) groups is 3. The van der Waals surface area contributed by atoms with Crippen molar-refractivity contribution >= 4 is 67.9 Å². The van der Waals surface area contributed by atoms with Gasteiger partial charge < -0.3 is 5.32 Å². The number of carbonyl (C=O) groups excluding carboxylic acids is 3. The van der Waals surface area contributed by atoms with Gasteiger partial charge in [0.1, 0.15) is 11.8 Å². The Kier molecular flexibility index (Phi) is 7.44. The Morgan fingerprint density at radius 3 is 2.23 bits per heavy atom. The zero-order valence-electron chi connectivity index (χ0n) is 22.4. The Bertz CT molecular complexity index is 1990. The highest BCUT2D eigenvalue weighted by atomic mass is 32.2. The fourth-order valence-corrected chi connectivity index (χ4v) is 8.61. The van der Waals surface area contributed by atoms with Crippen LogP contribution in [-0.2, 0) is 31.0 Å². The molecule has 6 rings (SSSR count). The number of nitrogens with two attached hydrogens (primary N) is 1. The van der Waals surface area contributed by atoms with Gasteiger partial charge >= 0.3 is 4.87 Å². The molecule has 13 nitrogen and oxygen atoms in total. The van der Waals surface area contributed by atoms with E-state index in [1.165, 1.54) is 53.1 Å². The number of fused-ring (bicyclic) bond motifs is 2. The monoisotopic (exact) mass is 651 g/mol. The van der Waals surface area contributed by atoms with Gasteiger partial charge in [-0.3, -0.25) is 33.9 Å². The first-order valence-corrected chi connectivity index (χ1v) is 16.2. The summed E-state index contributed by atoms with van der Waals surface area (Å²) >= 11 is 1.93. The van der Waals surface area contributed by atoms with E-state index in [0.717, 1.165) is 28.0 Å². The number of nitro benzene ring substituents is 1. The number of non-ortho nitro benzene ring substituents is 1. The van der Waals surface area contributed by atoms with E-state index in [0.29, 0.717) is 15.5 Å². The molecule has 2 aliphatic heterocycles. The molecule has 1 fully saturated rings. The number of amides is 3. The number of aromatic nitrogens is 1. The largest absolute Gasteiger partial charge is 0.325 e. The molecule has 3 aromatic carbocycles. The summed E-state index contributed by atoms with van der Waals surface area (Å²) in [5.74, 6) is -3.12. The molecule has 0 radical (unpaired) electrons. The Labute approximate surface area is 257 Å². The number of benzene rings is 3. The Hall–Kier alpha value is -4.64. The Morgan fingerprint density at radius 2 is 1.61 bits per heavy atom. The van der Waals surface area contributed by atoms with E-state index in [4.69, 9.17) is 5.14 Å². The number of nitro groups is 1. The fraction of sp³-hybridized carbons (Fsp3) is 0.143. The van der Waals surface area contributed by atoms with Crippen molar-refractivity contribution < 1.29 is 27.7 Å². The Morgan fingerprint density at radius 1 is 0.955 bits per heavy atom. The van der Waals surface area contributed by atoms with Crippen molar-refractivity contribution in [1.29, 1.82) is 0 Å². The van der Waals surface area contributed by atoms with Gasteiger partial charge in [0.05, 0.1) is 26.5 Å². The van der Waals surface area contributed by atoms with Crippen molar-refractivity contribution in [3.8, 4) is 0 Å². The van der Waals surface area contributed by atoms with Crippen molar-refractivity contribution in [2.45, 2.75) is 27.6 Å². The summed E-state index contributed by atoms with van der Waals surface area (Å²) in [6.07, 6.45) is 0. The molecule has 1 saturated heterocycles. The average Bonchev–Trinajstić information content (AvgIpc) is 3.43. The first-order valence-electron chi connectivity index (χ1n) is 12.9. The van der Waals surface area contributed by atoms with Crippen LogP contribution in [0.25, 0.3) is 0 Å². The molecule has 0 saturated carbocycles. The summed E-state index contributed by atoms with van der Waals surface area (Å²) in [4.78, 5) is 65.5. The summed E-state index contributed by atoms with van der Waals surface area (Å²) in [6.45, 7) is -0.401. The number of primary sulfonamides is 1. The molecule has 224 valence electrons. The van der Waals surface area contributed by atoms with Crippen molar-refractivity contribution in [2.24, 2.45) is 11.1 Å². The van der Waals surface area contributed by atoms with Crippen LogP contribution in [0.1, 0.15) is 16.4 Å². The molecule has 3 unspecified atom stereocenters. The molecule has 0 bridgehead atoms. The smallest absolute Gasteiger partial charge is 0.308 e. The van der Waals surface area contributed by atoms with Gasteiger partial charge in [-0.2, -0.15) is 0 Å². The van der Waals surface area contributed by atoms with Crippen molar-refractivity contribution in [2.75, 3.05) is 10.2 Å². The quantitative estimate of drug-likeness (QED) is 0.172. The number of anilines is 2. The van der Waals surface area contributed by atoms with Crippen LogP contribution in [0.5, 0.6) is 0 Å². The van der Waals surface area contributed by atoms with Crippen LogP contribution in [0.15, 0.2) is 93.6 Å². The highest BCUT2D eigenvalue weighted by molar-refractivity contribution is 8.00. The summed E-state index contributed by atoms with van der Waals surface area (Å²) in [5.41, 5.74) is 1.00. The minimum Gasteiger partial charge on any atom is -0.325 e. The molecule has 16 heteroatoms. The molecule has 3 N–H and O–H groups in total. The lowest BCUT2D eigenvalue weighted by Gasteiger charge is -2.30. The van der Waals surface area contributed by atoms with E-state index in [1.807, 2.05) is 0 Å². The number of hydrogen-bond acceptors (Lipinski definition) is 10. The Balaban J connectivity index is 1.34. The summed E-state index contributed by atoms with van der Waals surface area (Å²) < 4.78 is 24.3. The second-order valence-corrected chi connectivity index (χ2v) is 13.7. The van der Waals surface area contributed by atoms with Crippen molar-refractivity contribution in [3.63, 3.8) is 0 Å². The van der Waals surface area contributed by atoms with Crippen LogP contribution >= 0.6 is 23.1 Å². The molecule has 1 aromatic heterocycles. The molecule has 44 heavy (non-hydrogen) atoms. The summed E-state index contributed by atoms with van der Waals surface area (Å²) in [6, 6.07) is 19.3. The predicted molar refractivity (Wildman–Crippen MR) is 162 cm³/mol. The number of nitrogens with zero attached hydrogens (tertiary/aromatic N) is 3. The van der Waals surface area contributed by atoms with E-state index < -0.39 is 61.2 Å². The standard InChI is InChI=1S/C28H21N5O8S3/c29-44(40,41)19-12-6-16(7-13-19)30-20(34)14-31-27-24(43-28(31)37)21(15-4-2-1-3-5-15)22-23(42-27)26(36)32(25(22)35)17-8-10-18(11-9-17)33(38)39/h1-13,21-23H,14H2,(H,30,34)(H2,29,40,41). The maximum absolute atomic E-state index is 13.9. The molecule has 3 heterocycles. The minimum absolute atomic E-state index is 0.130. The second kappa shape index (κ2) is 11.1. The maximum atomic E-state index is 13.9. The van der Waals surface area contributed by atoms with Crippen LogP contribution in [-0.4, -0.2) is 40.9 Å². The lowest BCUT2D eigenvalue weighted by atomic mass is 9.83. The number of imide groups is 1. The van der Waals surface area contributed by atoms with Gasteiger partial charge in [-0.05, 0) is 42.0 Å². The third-order valence-electron chi connectivity index (χ3n) is 7.30. The van der Waals surface area contributed by atoms with Gasteiger partial charge in [0.2, 0.25) is 27.7 Å². The number of thioether (sulfide) groups is 1. The zero-order valence-corrected chi connectivity index (χ0v) is 24.8. The molecule has 2 aliphatic rings. The molecule has 0 spiro atoms. The van der Waals surface area contributed by atoms with Gasteiger partial charge in [0.25, 0.3) is 5.69 Å². The van der Waals surface area contributed by atoms with Crippen LogP contribution in [0.3, 0.4) is 0 Å². The maximum Gasteiger partial charge on any atom is 0.308 e. The number of nitrogens with one attached hydrogen (secondary N) is 1. The zero-order chi connectivity index (χ0) is 31.3. The number of hydrogen-bond donors (Lipinski definition) is 2. The number of sulfonamides is 1. The van der Waals surface area contributed by atoms with Gasteiger partial charge in [0, 0.05) is 28.6 Å². The molecule has 3 amide bonds. The highest BCUT2D eigenvalue weighted by Gasteiger charge is 2.56. The fourth-order valence-electron chi connectivity index (χ4n) is 5.32. The van der Waals surface area contributed by atoms with E-state index in [9.17, 15) is 37.7 Å². The predicted octanol–water partition coefficient (Wildman–Crippen LogP) is 2.90. The second-order valence-electron chi connectivity index (χ2n) is 9.98. The van der Waals surface area contributed by atoms with Gasteiger partial charge in [-0.15, -0.1) is 0 Å². The van der Waals surface area contributed by atoms with Crippen LogP contribution in [0.2, 0.25) is 0 Å².